The molecule has 2 rings (SSSR count). The Morgan fingerprint density at radius 2 is 2.42 bits per heavy atom. The molecule has 0 radical (unpaired) electrons. The summed E-state index contributed by atoms with van der Waals surface area (Å²) >= 11 is 0. The minimum atomic E-state index is -0.569. The first kappa shape index (κ1) is 7.09. The van der Waals surface area contributed by atoms with Crippen molar-refractivity contribution in [3.8, 4) is 0 Å². The number of hydrogen-bond acceptors (Lipinski definition) is 4. The largest absolute Gasteiger partial charge is 0.459 e. The summed E-state index contributed by atoms with van der Waals surface area (Å²) in [7, 11) is 0. The SMILES string of the molecule is CCc1nc(=O)oc2ccoc12. The van der Waals surface area contributed by atoms with E-state index in [0.29, 0.717) is 23.3 Å². The van der Waals surface area contributed by atoms with E-state index in [2.05, 4.69) is 4.98 Å². The fraction of sp³-hybridized carbons (Fsp3) is 0.250. The van der Waals surface area contributed by atoms with Crippen LogP contribution in [-0.2, 0) is 6.42 Å². The van der Waals surface area contributed by atoms with Crippen molar-refractivity contribution in [2.75, 3.05) is 0 Å². The molecule has 2 aromatic heterocycles. The van der Waals surface area contributed by atoms with Crippen molar-refractivity contribution >= 4 is 11.2 Å². The summed E-state index contributed by atoms with van der Waals surface area (Å²) in [4.78, 5) is 14.5. The molecular formula is C8H7NO3. The Bertz CT molecular complexity index is 455. The maximum Gasteiger partial charge on any atom is 0.439 e. The van der Waals surface area contributed by atoms with E-state index in [9.17, 15) is 4.79 Å². The Morgan fingerprint density at radius 3 is 3.17 bits per heavy atom. The van der Waals surface area contributed by atoms with Crippen LogP contribution >= 0.6 is 0 Å². The number of aromatic nitrogens is 1. The van der Waals surface area contributed by atoms with Gasteiger partial charge in [-0.25, -0.2) is 4.79 Å². The Balaban J connectivity index is 2.89. The molecule has 0 N–H and O–H groups in total. The summed E-state index contributed by atoms with van der Waals surface area (Å²) < 4.78 is 9.88. The van der Waals surface area contributed by atoms with Crippen LogP contribution in [0.3, 0.4) is 0 Å². The number of aryl methyl sites for hydroxylation is 1. The summed E-state index contributed by atoms with van der Waals surface area (Å²) in [6, 6.07) is 1.61. The molecule has 0 aliphatic carbocycles. The maximum atomic E-state index is 10.8. The van der Waals surface area contributed by atoms with E-state index in [1.54, 1.807) is 6.07 Å². The van der Waals surface area contributed by atoms with Gasteiger partial charge in [0, 0.05) is 6.07 Å². The molecule has 0 saturated heterocycles. The summed E-state index contributed by atoms with van der Waals surface area (Å²) in [5.41, 5.74) is 1.68. The van der Waals surface area contributed by atoms with Crippen molar-refractivity contribution in [2.45, 2.75) is 13.3 Å². The highest BCUT2D eigenvalue weighted by atomic mass is 16.4. The maximum absolute atomic E-state index is 10.8. The van der Waals surface area contributed by atoms with Gasteiger partial charge in [0.05, 0.1) is 12.0 Å². The molecule has 4 nitrogen and oxygen atoms in total. The zero-order valence-corrected chi connectivity index (χ0v) is 6.53. The van der Waals surface area contributed by atoms with Crippen LogP contribution in [0.4, 0.5) is 0 Å². The third kappa shape index (κ3) is 0.922. The van der Waals surface area contributed by atoms with Crippen LogP contribution in [0.1, 0.15) is 12.6 Å². The van der Waals surface area contributed by atoms with Crippen molar-refractivity contribution in [3.05, 3.63) is 28.6 Å². The van der Waals surface area contributed by atoms with Crippen LogP contribution in [0.15, 0.2) is 26.0 Å². The van der Waals surface area contributed by atoms with Gasteiger partial charge in [-0.3, -0.25) is 0 Å². The highest BCUT2D eigenvalue weighted by molar-refractivity contribution is 5.71. The summed E-state index contributed by atoms with van der Waals surface area (Å²) in [6.07, 6.45) is 2.14. The lowest BCUT2D eigenvalue weighted by Crippen LogP contribution is -2.06. The zero-order valence-electron chi connectivity index (χ0n) is 6.53. The average Bonchev–Trinajstić information content (AvgIpc) is 2.50. The zero-order chi connectivity index (χ0) is 8.55. The highest BCUT2D eigenvalue weighted by Gasteiger charge is 2.07. The fourth-order valence-corrected chi connectivity index (χ4v) is 1.11. The Kier molecular flexibility index (Phi) is 1.46. The predicted molar refractivity (Wildman–Crippen MR) is 41.9 cm³/mol. The Hall–Kier alpha value is -1.58. The van der Waals surface area contributed by atoms with Gasteiger partial charge in [0.15, 0.2) is 11.2 Å². The number of hydrogen-bond donors (Lipinski definition) is 0. The molecule has 0 spiro atoms. The van der Waals surface area contributed by atoms with Crippen LogP contribution < -0.4 is 5.76 Å². The molecule has 62 valence electrons. The lowest BCUT2D eigenvalue weighted by atomic mass is 10.3. The van der Waals surface area contributed by atoms with Crippen molar-refractivity contribution < 1.29 is 8.83 Å². The molecule has 2 heterocycles. The molecule has 0 amide bonds. The van der Waals surface area contributed by atoms with Crippen molar-refractivity contribution in [2.24, 2.45) is 0 Å². The molecule has 4 heteroatoms. The monoisotopic (exact) mass is 165 g/mol. The summed E-state index contributed by atoms with van der Waals surface area (Å²) in [5.74, 6) is -0.569. The minimum Gasteiger partial charge on any atom is -0.459 e. The molecule has 0 unspecified atom stereocenters. The number of nitrogens with zero attached hydrogens (tertiary/aromatic N) is 1. The number of rotatable bonds is 1. The van der Waals surface area contributed by atoms with Gasteiger partial charge in [0.25, 0.3) is 0 Å². The molecule has 0 aromatic carbocycles. The first-order valence-corrected chi connectivity index (χ1v) is 3.68. The lowest BCUT2D eigenvalue weighted by Gasteiger charge is -1.92. The topological polar surface area (TPSA) is 56.2 Å². The van der Waals surface area contributed by atoms with E-state index in [-0.39, 0.29) is 0 Å². The molecule has 2 aromatic rings. The van der Waals surface area contributed by atoms with Crippen molar-refractivity contribution in [1.29, 1.82) is 0 Å². The van der Waals surface area contributed by atoms with Crippen LogP contribution in [0.5, 0.6) is 0 Å². The molecule has 0 atom stereocenters. The number of furan rings is 1. The van der Waals surface area contributed by atoms with Gasteiger partial charge in [-0.15, -0.1) is 0 Å². The second-order valence-electron chi connectivity index (χ2n) is 2.39. The third-order valence-corrected chi connectivity index (χ3v) is 1.65. The third-order valence-electron chi connectivity index (χ3n) is 1.65. The Morgan fingerprint density at radius 1 is 1.58 bits per heavy atom. The quantitative estimate of drug-likeness (QED) is 0.639. The van der Waals surface area contributed by atoms with E-state index >= 15 is 0 Å². The van der Waals surface area contributed by atoms with E-state index in [4.69, 9.17) is 8.83 Å². The van der Waals surface area contributed by atoms with Gasteiger partial charge in [-0.05, 0) is 6.42 Å². The first-order valence-electron chi connectivity index (χ1n) is 3.68. The van der Waals surface area contributed by atoms with E-state index in [0.717, 1.165) is 0 Å². The molecule has 0 saturated carbocycles. The smallest absolute Gasteiger partial charge is 0.439 e. The van der Waals surface area contributed by atoms with Gasteiger partial charge < -0.3 is 8.83 Å². The van der Waals surface area contributed by atoms with Gasteiger partial charge in [0.1, 0.15) is 0 Å². The fourth-order valence-electron chi connectivity index (χ4n) is 1.11. The minimum absolute atomic E-state index is 0.465. The van der Waals surface area contributed by atoms with E-state index in [1.165, 1.54) is 6.26 Å². The summed E-state index contributed by atoms with van der Waals surface area (Å²) in [5, 5.41) is 0. The van der Waals surface area contributed by atoms with Crippen LogP contribution in [0.25, 0.3) is 11.2 Å². The second-order valence-corrected chi connectivity index (χ2v) is 2.39. The normalized spacial score (nSPS) is 10.8. The molecule has 0 bridgehead atoms. The second kappa shape index (κ2) is 2.48. The Labute approximate surface area is 67.8 Å². The van der Waals surface area contributed by atoms with Crippen molar-refractivity contribution in [1.82, 2.24) is 4.98 Å². The van der Waals surface area contributed by atoms with Gasteiger partial charge in [0.2, 0.25) is 0 Å². The lowest BCUT2D eigenvalue weighted by molar-refractivity contribution is 0.515. The number of fused-ring (bicyclic) bond motifs is 1. The van der Waals surface area contributed by atoms with Gasteiger partial charge in [-0.2, -0.15) is 4.98 Å². The first-order chi connectivity index (χ1) is 5.81. The molecule has 0 aliphatic rings. The predicted octanol–water partition coefficient (Wildman–Crippen LogP) is 1.34. The standard InChI is InChI=1S/C8H7NO3/c1-2-5-7-6(3-4-11-7)12-8(10)9-5/h3-4H,2H2,1H3. The molecule has 12 heavy (non-hydrogen) atoms. The highest BCUT2D eigenvalue weighted by Crippen LogP contribution is 2.15. The van der Waals surface area contributed by atoms with Gasteiger partial charge in [-0.1, -0.05) is 6.92 Å². The average molecular weight is 165 g/mol. The molecule has 0 fully saturated rings. The van der Waals surface area contributed by atoms with Crippen LogP contribution in [0, 0.1) is 0 Å². The van der Waals surface area contributed by atoms with E-state index in [1.807, 2.05) is 6.92 Å². The van der Waals surface area contributed by atoms with Crippen LogP contribution in [0.2, 0.25) is 0 Å². The summed E-state index contributed by atoms with van der Waals surface area (Å²) in [6.45, 7) is 1.91. The van der Waals surface area contributed by atoms with Gasteiger partial charge >= 0.3 is 5.76 Å². The van der Waals surface area contributed by atoms with Crippen molar-refractivity contribution in [3.63, 3.8) is 0 Å². The van der Waals surface area contributed by atoms with E-state index < -0.39 is 5.76 Å². The molecular weight excluding hydrogens is 158 g/mol. The molecule has 0 aliphatic heterocycles. The van der Waals surface area contributed by atoms with Crippen LogP contribution in [-0.4, -0.2) is 4.98 Å².